The van der Waals surface area contributed by atoms with Crippen molar-refractivity contribution in [3.63, 3.8) is 0 Å². The van der Waals surface area contributed by atoms with Gasteiger partial charge in [0.15, 0.2) is 5.78 Å². The Balaban J connectivity index is 2.18. The normalized spacial score (nSPS) is 18.7. The van der Waals surface area contributed by atoms with Crippen molar-refractivity contribution in [1.29, 1.82) is 5.26 Å². The first kappa shape index (κ1) is 19.1. The van der Waals surface area contributed by atoms with Gasteiger partial charge in [-0.05, 0) is 18.2 Å². The number of likely N-dealkylation sites (tertiary alicyclic amines) is 1. The summed E-state index contributed by atoms with van der Waals surface area (Å²) in [6.07, 6.45) is 0. The van der Waals surface area contributed by atoms with E-state index in [4.69, 9.17) is 14.7 Å². The summed E-state index contributed by atoms with van der Waals surface area (Å²) < 4.78 is 10.6. The lowest BCUT2D eigenvalue weighted by atomic mass is 9.86. The molecule has 0 aliphatic carbocycles. The van der Waals surface area contributed by atoms with E-state index in [1.165, 1.54) is 14.2 Å². The van der Waals surface area contributed by atoms with Crippen molar-refractivity contribution in [3.8, 4) is 17.6 Å². The molecule has 1 saturated heterocycles. The lowest BCUT2D eigenvalue weighted by molar-refractivity contribution is -0.140. The highest BCUT2D eigenvalue weighted by Gasteiger charge is 2.52. The molecule has 0 aromatic heterocycles. The summed E-state index contributed by atoms with van der Waals surface area (Å²) in [6.45, 7) is -0.325. The van der Waals surface area contributed by atoms with Crippen molar-refractivity contribution in [1.82, 2.24) is 4.90 Å². The van der Waals surface area contributed by atoms with Crippen molar-refractivity contribution in [2.24, 2.45) is 5.92 Å². The summed E-state index contributed by atoms with van der Waals surface area (Å²) in [5.41, 5.74) is 0.755. The summed E-state index contributed by atoms with van der Waals surface area (Å²) in [5, 5.41) is 9.17. The Labute approximate surface area is 162 Å². The van der Waals surface area contributed by atoms with Crippen LogP contribution in [0.5, 0.6) is 11.5 Å². The molecule has 1 aliphatic rings. The molecule has 1 aliphatic heterocycles. The third-order valence-electron chi connectivity index (χ3n) is 4.74. The topological polar surface area (TPSA) is 96.7 Å². The predicted molar refractivity (Wildman–Crippen MR) is 98.9 cm³/mol. The number of hydrogen-bond donors (Lipinski definition) is 0. The zero-order chi connectivity index (χ0) is 20.3. The van der Waals surface area contributed by atoms with E-state index in [2.05, 4.69) is 0 Å². The van der Waals surface area contributed by atoms with Gasteiger partial charge in [0.25, 0.3) is 5.91 Å². The molecule has 1 heterocycles. The summed E-state index contributed by atoms with van der Waals surface area (Å²) in [7, 11) is 2.93. The van der Waals surface area contributed by atoms with E-state index in [0.717, 1.165) is 4.90 Å². The number of Topliss-reactive ketones (excluding diaryl/α,β-unsaturated/α-hetero) is 2. The van der Waals surface area contributed by atoms with E-state index in [9.17, 15) is 14.4 Å². The SMILES string of the molecule is COc1ccc(OC)c(C2C(C(=O)c3ccccc3)C(=O)C(=O)N2CC#N)c1. The average molecular weight is 378 g/mol. The molecule has 0 spiro atoms. The van der Waals surface area contributed by atoms with E-state index in [1.54, 1.807) is 48.5 Å². The second-order valence-electron chi connectivity index (χ2n) is 6.22. The van der Waals surface area contributed by atoms with E-state index < -0.39 is 29.4 Å². The van der Waals surface area contributed by atoms with E-state index in [-0.39, 0.29) is 6.54 Å². The van der Waals surface area contributed by atoms with Crippen LogP contribution in [0.1, 0.15) is 22.0 Å². The van der Waals surface area contributed by atoms with Gasteiger partial charge >= 0.3 is 0 Å². The lowest BCUT2D eigenvalue weighted by Gasteiger charge is -2.26. The highest BCUT2D eigenvalue weighted by Crippen LogP contribution is 2.42. The van der Waals surface area contributed by atoms with Crippen molar-refractivity contribution in [2.45, 2.75) is 6.04 Å². The Morgan fingerprint density at radius 3 is 2.43 bits per heavy atom. The number of amides is 1. The van der Waals surface area contributed by atoms with Crippen LogP contribution >= 0.6 is 0 Å². The van der Waals surface area contributed by atoms with Gasteiger partial charge in [0.05, 0.1) is 26.3 Å². The fourth-order valence-electron chi connectivity index (χ4n) is 3.43. The van der Waals surface area contributed by atoms with Crippen LogP contribution in [0.3, 0.4) is 0 Å². The van der Waals surface area contributed by atoms with Gasteiger partial charge in [-0.2, -0.15) is 5.26 Å². The summed E-state index contributed by atoms with van der Waals surface area (Å²) in [6, 6.07) is 14.2. The molecular formula is C21H18N2O5. The molecule has 2 unspecified atom stereocenters. The first-order chi connectivity index (χ1) is 13.5. The Kier molecular flexibility index (Phi) is 5.41. The number of hydrogen-bond acceptors (Lipinski definition) is 6. The number of rotatable bonds is 6. The zero-order valence-corrected chi connectivity index (χ0v) is 15.4. The van der Waals surface area contributed by atoms with Crippen molar-refractivity contribution >= 4 is 17.5 Å². The van der Waals surface area contributed by atoms with Gasteiger partial charge in [-0.3, -0.25) is 14.4 Å². The highest BCUT2D eigenvalue weighted by molar-refractivity contribution is 6.44. The van der Waals surface area contributed by atoms with E-state index in [1.807, 2.05) is 6.07 Å². The van der Waals surface area contributed by atoms with Gasteiger partial charge in [-0.25, -0.2) is 0 Å². The van der Waals surface area contributed by atoms with Crippen LogP contribution in [-0.2, 0) is 9.59 Å². The standard InChI is InChI=1S/C21H18N2O5/c1-27-14-8-9-16(28-2)15(12-14)18-17(19(24)13-6-4-3-5-7-13)20(25)21(26)23(18)11-10-22/h3-9,12,17-18H,11H2,1-2H3. The molecule has 3 rings (SSSR count). The number of nitrogens with zero attached hydrogens (tertiary/aromatic N) is 2. The second-order valence-corrected chi connectivity index (χ2v) is 6.22. The molecule has 2 aromatic carbocycles. The number of ketones is 2. The van der Waals surface area contributed by atoms with Crippen LogP contribution < -0.4 is 9.47 Å². The third-order valence-corrected chi connectivity index (χ3v) is 4.74. The molecule has 0 bridgehead atoms. The number of nitriles is 1. The van der Waals surface area contributed by atoms with Gasteiger partial charge in [-0.1, -0.05) is 30.3 Å². The van der Waals surface area contributed by atoms with Crippen molar-refractivity contribution in [3.05, 3.63) is 59.7 Å². The van der Waals surface area contributed by atoms with Crippen LogP contribution in [0, 0.1) is 17.2 Å². The zero-order valence-electron chi connectivity index (χ0n) is 15.4. The largest absolute Gasteiger partial charge is 0.497 e. The van der Waals surface area contributed by atoms with Gasteiger partial charge in [0.2, 0.25) is 5.78 Å². The molecule has 0 saturated carbocycles. The molecule has 0 radical (unpaired) electrons. The van der Waals surface area contributed by atoms with Crippen LogP contribution in [0.4, 0.5) is 0 Å². The molecule has 28 heavy (non-hydrogen) atoms. The first-order valence-electron chi connectivity index (χ1n) is 8.56. The van der Waals surface area contributed by atoms with Crippen molar-refractivity contribution < 1.29 is 23.9 Å². The molecule has 7 nitrogen and oxygen atoms in total. The minimum atomic E-state index is -1.27. The fraction of sp³-hybridized carbons (Fsp3) is 0.238. The summed E-state index contributed by atoms with van der Waals surface area (Å²) in [4.78, 5) is 39.6. The monoisotopic (exact) mass is 378 g/mol. The second kappa shape index (κ2) is 7.92. The average Bonchev–Trinajstić information content (AvgIpc) is 2.98. The first-order valence-corrected chi connectivity index (χ1v) is 8.56. The quantitative estimate of drug-likeness (QED) is 0.331. The van der Waals surface area contributed by atoms with Crippen molar-refractivity contribution in [2.75, 3.05) is 20.8 Å². The van der Waals surface area contributed by atoms with E-state index >= 15 is 0 Å². The summed E-state index contributed by atoms with van der Waals surface area (Å²) >= 11 is 0. The summed E-state index contributed by atoms with van der Waals surface area (Å²) in [5.74, 6) is -2.57. The molecule has 142 valence electrons. The minimum Gasteiger partial charge on any atom is -0.497 e. The maximum absolute atomic E-state index is 13.1. The molecular weight excluding hydrogens is 360 g/mol. The van der Waals surface area contributed by atoms with Gasteiger partial charge < -0.3 is 14.4 Å². The predicted octanol–water partition coefficient (Wildman–Crippen LogP) is 2.18. The Morgan fingerprint density at radius 2 is 1.82 bits per heavy atom. The molecule has 7 heteroatoms. The highest BCUT2D eigenvalue weighted by atomic mass is 16.5. The van der Waals surface area contributed by atoms with Crippen LogP contribution in [-0.4, -0.2) is 43.1 Å². The molecule has 2 atom stereocenters. The Bertz CT molecular complexity index is 965. The minimum absolute atomic E-state index is 0.319. The van der Waals surface area contributed by atoms with Gasteiger partial charge in [-0.15, -0.1) is 0 Å². The number of benzene rings is 2. The number of methoxy groups -OCH3 is 2. The van der Waals surface area contributed by atoms with Crippen LogP contribution in [0.25, 0.3) is 0 Å². The maximum Gasteiger partial charge on any atom is 0.292 e. The van der Waals surface area contributed by atoms with Gasteiger partial charge in [0.1, 0.15) is 24.0 Å². The Morgan fingerprint density at radius 1 is 1.11 bits per heavy atom. The number of carbonyl (C=O) groups excluding carboxylic acids is 3. The molecule has 2 aromatic rings. The maximum atomic E-state index is 13.1. The van der Waals surface area contributed by atoms with Crippen LogP contribution in [0.15, 0.2) is 48.5 Å². The number of ether oxygens (including phenoxy) is 2. The number of carbonyl (C=O) groups is 3. The fourth-order valence-corrected chi connectivity index (χ4v) is 3.43. The van der Waals surface area contributed by atoms with E-state index in [0.29, 0.717) is 22.6 Å². The molecule has 1 amide bonds. The lowest BCUT2D eigenvalue weighted by Crippen LogP contribution is -2.31. The molecule has 1 fully saturated rings. The molecule has 0 N–H and O–H groups in total. The van der Waals surface area contributed by atoms with Gasteiger partial charge in [0, 0.05) is 11.1 Å². The van der Waals surface area contributed by atoms with Crippen LogP contribution in [0.2, 0.25) is 0 Å². The third kappa shape index (κ3) is 3.21. The Hall–Kier alpha value is -3.66. The smallest absolute Gasteiger partial charge is 0.292 e.